The van der Waals surface area contributed by atoms with E-state index in [2.05, 4.69) is 16.3 Å². The number of hydrogen-bond acceptors (Lipinski definition) is 5. The van der Waals surface area contributed by atoms with Crippen molar-refractivity contribution in [3.8, 4) is 0 Å². The van der Waals surface area contributed by atoms with Crippen LogP contribution in [0.2, 0.25) is 0 Å². The Morgan fingerprint density at radius 3 is 2.67 bits per heavy atom. The molecular weight excluding hydrogens is 226 g/mol. The first kappa shape index (κ1) is 10.4. The molecule has 78 valence electrons. The third-order valence-corrected chi connectivity index (χ3v) is 3.83. The Morgan fingerprint density at radius 1 is 1.27 bits per heavy atom. The van der Waals surface area contributed by atoms with Gasteiger partial charge in [-0.05, 0) is 37.6 Å². The van der Waals surface area contributed by atoms with Crippen LogP contribution in [0.1, 0.15) is 10.6 Å². The van der Waals surface area contributed by atoms with Crippen molar-refractivity contribution in [1.29, 1.82) is 0 Å². The van der Waals surface area contributed by atoms with Gasteiger partial charge in [0.1, 0.15) is 5.01 Å². The zero-order chi connectivity index (χ0) is 10.8. The second-order valence-corrected chi connectivity index (χ2v) is 5.71. The molecule has 0 atom stereocenters. The van der Waals surface area contributed by atoms with Crippen molar-refractivity contribution in [2.45, 2.75) is 23.1 Å². The molecule has 1 aromatic heterocycles. The summed E-state index contributed by atoms with van der Waals surface area (Å²) in [4.78, 5) is 1.15. The van der Waals surface area contributed by atoms with Crippen molar-refractivity contribution in [3.63, 3.8) is 0 Å². The van der Waals surface area contributed by atoms with Crippen molar-refractivity contribution in [2.75, 3.05) is 5.73 Å². The number of aromatic nitrogens is 2. The van der Waals surface area contributed by atoms with E-state index >= 15 is 0 Å². The van der Waals surface area contributed by atoms with Crippen LogP contribution >= 0.6 is 23.1 Å². The van der Waals surface area contributed by atoms with E-state index in [1.54, 1.807) is 23.1 Å². The molecule has 1 aromatic carbocycles. The zero-order valence-electron chi connectivity index (χ0n) is 8.52. The molecule has 0 radical (unpaired) electrons. The van der Waals surface area contributed by atoms with Crippen LogP contribution in [0, 0.1) is 13.8 Å². The third kappa shape index (κ3) is 2.49. The third-order valence-electron chi connectivity index (χ3n) is 1.95. The van der Waals surface area contributed by atoms with E-state index in [4.69, 9.17) is 5.73 Å². The van der Waals surface area contributed by atoms with Gasteiger partial charge in [0.05, 0.1) is 0 Å². The highest BCUT2D eigenvalue weighted by Gasteiger charge is 2.04. The molecule has 5 heteroatoms. The molecular formula is C10H11N3S2. The van der Waals surface area contributed by atoms with Crippen molar-refractivity contribution in [1.82, 2.24) is 10.2 Å². The van der Waals surface area contributed by atoms with Gasteiger partial charge in [-0.3, -0.25) is 0 Å². The lowest BCUT2D eigenvalue weighted by Crippen LogP contribution is -1.88. The standard InChI is InChI=1S/C10H11N3S2/c1-6-5-8(3-4-9(6)11)15-10-13-12-7(2)14-10/h3-5H,11H2,1-2H3. The molecule has 0 saturated carbocycles. The van der Waals surface area contributed by atoms with Gasteiger partial charge in [-0.1, -0.05) is 23.1 Å². The number of rotatable bonds is 2. The van der Waals surface area contributed by atoms with Gasteiger partial charge in [0.15, 0.2) is 4.34 Å². The maximum Gasteiger partial charge on any atom is 0.179 e. The smallest absolute Gasteiger partial charge is 0.179 e. The Kier molecular flexibility index (Phi) is 2.93. The quantitative estimate of drug-likeness (QED) is 0.816. The van der Waals surface area contributed by atoms with Gasteiger partial charge in [0, 0.05) is 10.6 Å². The second-order valence-electron chi connectivity index (χ2n) is 3.21. The van der Waals surface area contributed by atoms with Crippen LogP contribution in [-0.4, -0.2) is 10.2 Å². The van der Waals surface area contributed by atoms with E-state index in [1.807, 2.05) is 26.0 Å². The van der Waals surface area contributed by atoms with Gasteiger partial charge in [-0.2, -0.15) is 0 Å². The van der Waals surface area contributed by atoms with Gasteiger partial charge in [0.2, 0.25) is 0 Å². The largest absolute Gasteiger partial charge is 0.399 e. The fourth-order valence-electron chi connectivity index (χ4n) is 1.13. The number of nitrogens with zero attached hydrogens (tertiary/aromatic N) is 2. The molecule has 0 aliphatic rings. The van der Waals surface area contributed by atoms with E-state index in [-0.39, 0.29) is 0 Å². The fourth-order valence-corrected chi connectivity index (χ4v) is 3.02. The Bertz CT molecular complexity index is 479. The van der Waals surface area contributed by atoms with Crippen LogP contribution < -0.4 is 5.73 Å². The van der Waals surface area contributed by atoms with Crippen LogP contribution in [0.5, 0.6) is 0 Å². The minimum Gasteiger partial charge on any atom is -0.399 e. The molecule has 3 nitrogen and oxygen atoms in total. The molecule has 0 bridgehead atoms. The number of aryl methyl sites for hydroxylation is 2. The van der Waals surface area contributed by atoms with Gasteiger partial charge >= 0.3 is 0 Å². The van der Waals surface area contributed by atoms with Crippen LogP contribution in [-0.2, 0) is 0 Å². The van der Waals surface area contributed by atoms with Gasteiger partial charge in [0.25, 0.3) is 0 Å². The van der Waals surface area contributed by atoms with E-state index in [9.17, 15) is 0 Å². The van der Waals surface area contributed by atoms with Gasteiger partial charge in [-0.25, -0.2) is 0 Å². The fraction of sp³-hybridized carbons (Fsp3) is 0.200. The molecule has 2 N–H and O–H groups in total. The summed E-state index contributed by atoms with van der Waals surface area (Å²) in [6.07, 6.45) is 0. The zero-order valence-corrected chi connectivity index (χ0v) is 10.2. The van der Waals surface area contributed by atoms with Crippen molar-refractivity contribution >= 4 is 28.8 Å². The Labute approximate surface area is 96.7 Å². The molecule has 0 unspecified atom stereocenters. The summed E-state index contributed by atoms with van der Waals surface area (Å²) in [6.45, 7) is 3.96. The molecule has 0 amide bonds. The minimum absolute atomic E-state index is 0.827. The van der Waals surface area contributed by atoms with E-state index in [0.29, 0.717) is 0 Å². The van der Waals surface area contributed by atoms with Crippen LogP contribution in [0.15, 0.2) is 27.4 Å². The van der Waals surface area contributed by atoms with Crippen LogP contribution in [0.3, 0.4) is 0 Å². The van der Waals surface area contributed by atoms with Crippen LogP contribution in [0.25, 0.3) is 0 Å². The molecule has 2 rings (SSSR count). The Balaban J connectivity index is 2.21. The first-order valence-electron chi connectivity index (χ1n) is 4.49. The molecule has 0 spiro atoms. The number of benzene rings is 1. The molecule has 1 heterocycles. The van der Waals surface area contributed by atoms with Crippen molar-refractivity contribution < 1.29 is 0 Å². The lowest BCUT2D eigenvalue weighted by molar-refractivity contribution is 0.984. The van der Waals surface area contributed by atoms with E-state index in [0.717, 1.165) is 25.5 Å². The molecule has 0 saturated heterocycles. The molecule has 2 aromatic rings. The summed E-state index contributed by atoms with van der Waals surface area (Å²) in [6, 6.07) is 5.99. The number of nitrogens with two attached hydrogens (primary N) is 1. The minimum atomic E-state index is 0.827. The first-order valence-corrected chi connectivity index (χ1v) is 6.12. The summed E-state index contributed by atoms with van der Waals surface area (Å²) >= 11 is 3.22. The Morgan fingerprint density at radius 2 is 2.07 bits per heavy atom. The maximum atomic E-state index is 5.75. The monoisotopic (exact) mass is 237 g/mol. The summed E-state index contributed by atoms with van der Waals surface area (Å²) < 4.78 is 0.969. The predicted octanol–water partition coefficient (Wildman–Crippen LogP) is 2.89. The van der Waals surface area contributed by atoms with Crippen LogP contribution in [0.4, 0.5) is 5.69 Å². The average Bonchev–Trinajstić information content (AvgIpc) is 2.58. The topological polar surface area (TPSA) is 51.8 Å². The van der Waals surface area contributed by atoms with Gasteiger partial charge < -0.3 is 5.73 Å². The predicted molar refractivity (Wildman–Crippen MR) is 64.4 cm³/mol. The average molecular weight is 237 g/mol. The van der Waals surface area contributed by atoms with E-state index < -0.39 is 0 Å². The van der Waals surface area contributed by atoms with Crippen molar-refractivity contribution in [2.24, 2.45) is 0 Å². The number of hydrogen-bond donors (Lipinski definition) is 1. The first-order chi connectivity index (χ1) is 7.15. The molecule has 15 heavy (non-hydrogen) atoms. The lowest BCUT2D eigenvalue weighted by Gasteiger charge is -2.01. The summed E-state index contributed by atoms with van der Waals surface area (Å²) in [5.41, 5.74) is 7.68. The number of anilines is 1. The normalized spacial score (nSPS) is 10.5. The molecule has 0 aliphatic heterocycles. The highest BCUT2D eigenvalue weighted by atomic mass is 32.2. The number of nitrogen functional groups attached to an aromatic ring is 1. The summed E-state index contributed by atoms with van der Waals surface area (Å²) in [5.74, 6) is 0. The second kappa shape index (κ2) is 4.20. The maximum absolute atomic E-state index is 5.75. The van der Waals surface area contributed by atoms with Crippen molar-refractivity contribution in [3.05, 3.63) is 28.8 Å². The summed E-state index contributed by atoms with van der Waals surface area (Å²) in [7, 11) is 0. The summed E-state index contributed by atoms with van der Waals surface area (Å²) in [5, 5.41) is 9.03. The van der Waals surface area contributed by atoms with Gasteiger partial charge in [-0.15, -0.1) is 10.2 Å². The molecule has 0 aliphatic carbocycles. The highest BCUT2D eigenvalue weighted by molar-refractivity contribution is 8.01. The SMILES string of the molecule is Cc1nnc(Sc2ccc(N)c(C)c2)s1. The Hall–Kier alpha value is -1.07. The highest BCUT2D eigenvalue weighted by Crippen LogP contribution is 2.31. The lowest BCUT2D eigenvalue weighted by atomic mass is 10.2. The molecule has 0 fully saturated rings. The van der Waals surface area contributed by atoms with E-state index in [1.165, 1.54) is 0 Å².